The number of aromatic nitrogens is 2. The molecule has 0 bridgehead atoms. The van der Waals surface area contributed by atoms with Crippen LogP contribution in [0.4, 0.5) is 0 Å². The third-order valence-corrected chi connectivity index (χ3v) is 2.38. The Bertz CT molecular complexity index is 369. The molecule has 1 fully saturated rings. The van der Waals surface area contributed by atoms with E-state index in [1.165, 1.54) is 10.7 Å². The van der Waals surface area contributed by atoms with E-state index in [1.807, 2.05) is 0 Å². The number of ether oxygens (including phenoxy) is 1. The van der Waals surface area contributed by atoms with Crippen LogP contribution in [-0.4, -0.2) is 52.0 Å². The molecule has 15 heavy (non-hydrogen) atoms. The summed E-state index contributed by atoms with van der Waals surface area (Å²) in [4.78, 5) is 13.6. The molecule has 0 aliphatic carbocycles. The predicted octanol–water partition coefficient (Wildman–Crippen LogP) is -0.402. The number of morpholine rings is 1. The number of hydrogen-bond acceptors (Lipinski definition) is 4. The fourth-order valence-electron chi connectivity index (χ4n) is 1.58. The van der Waals surface area contributed by atoms with Gasteiger partial charge in [0.15, 0.2) is 0 Å². The van der Waals surface area contributed by atoms with E-state index in [0.29, 0.717) is 32.0 Å². The van der Waals surface area contributed by atoms with Crippen LogP contribution in [0.3, 0.4) is 0 Å². The van der Waals surface area contributed by atoms with Gasteiger partial charge in [-0.25, -0.2) is 0 Å². The van der Waals surface area contributed by atoms with E-state index in [0.717, 1.165) is 0 Å². The van der Waals surface area contributed by atoms with Crippen molar-refractivity contribution in [3.05, 3.63) is 11.8 Å². The van der Waals surface area contributed by atoms with Crippen molar-refractivity contribution in [1.82, 2.24) is 14.7 Å². The molecule has 1 N–H and O–H groups in total. The Morgan fingerprint density at radius 2 is 2.20 bits per heavy atom. The number of nitrogens with zero attached hydrogens (tertiary/aromatic N) is 3. The van der Waals surface area contributed by atoms with Crippen molar-refractivity contribution >= 4 is 5.91 Å². The number of rotatable bonds is 1. The first kappa shape index (κ1) is 9.97. The molecular formula is C9H13N3O3. The first-order chi connectivity index (χ1) is 7.18. The Kier molecular flexibility index (Phi) is 2.59. The molecular weight excluding hydrogens is 198 g/mol. The lowest BCUT2D eigenvalue weighted by Crippen LogP contribution is -2.41. The molecule has 0 aromatic carbocycles. The molecule has 0 spiro atoms. The highest BCUT2D eigenvalue weighted by molar-refractivity contribution is 5.92. The minimum absolute atomic E-state index is 0.117. The maximum atomic E-state index is 11.9. The normalized spacial score (nSPS) is 16.7. The van der Waals surface area contributed by atoms with E-state index in [-0.39, 0.29) is 11.8 Å². The molecule has 0 unspecified atom stereocenters. The first-order valence-electron chi connectivity index (χ1n) is 4.78. The van der Waals surface area contributed by atoms with Gasteiger partial charge >= 0.3 is 0 Å². The van der Waals surface area contributed by atoms with E-state index in [9.17, 15) is 4.79 Å². The SMILES string of the molecule is Cn1nc(O)cc1C(=O)N1CCOCC1. The van der Waals surface area contributed by atoms with Gasteiger partial charge in [-0.15, -0.1) is 5.10 Å². The zero-order valence-corrected chi connectivity index (χ0v) is 8.51. The number of aryl methyl sites for hydroxylation is 1. The highest BCUT2D eigenvalue weighted by Gasteiger charge is 2.21. The fraction of sp³-hybridized carbons (Fsp3) is 0.556. The Labute approximate surface area is 87.1 Å². The van der Waals surface area contributed by atoms with Gasteiger partial charge in [0, 0.05) is 26.2 Å². The highest BCUT2D eigenvalue weighted by Crippen LogP contribution is 2.12. The highest BCUT2D eigenvalue weighted by atomic mass is 16.5. The summed E-state index contributed by atoms with van der Waals surface area (Å²) in [5, 5.41) is 12.9. The number of carbonyl (C=O) groups excluding carboxylic acids is 1. The van der Waals surface area contributed by atoms with Gasteiger partial charge in [0.2, 0.25) is 5.88 Å². The summed E-state index contributed by atoms with van der Waals surface area (Å²) in [6.07, 6.45) is 0. The van der Waals surface area contributed by atoms with Gasteiger partial charge in [0.05, 0.1) is 13.2 Å². The Morgan fingerprint density at radius 3 is 2.73 bits per heavy atom. The minimum Gasteiger partial charge on any atom is -0.492 e. The van der Waals surface area contributed by atoms with E-state index < -0.39 is 0 Å². The summed E-state index contributed by atoms with van der Waals surface area (Å²) in [5.74, 6) is -0.247. The quantitative estimate of drug-likeness (QED) is 0.686. The number of carbonyl (C=O) groups is 1. The van der Waals surface area contributed by atoms with Gasteiger partial charge < -0.3 is 14.7 Å². The second-order valence-electron chi connectivity index (χ2n) is 3.42. The monoisotopic (exact) mass is 211 g/mol. The summed E-state index contributed by atoms with van der Waals surface area (Å²) >= 11 is 0. The molecule has 1 aromatic heterocycles. The van der Waals surface area contributed by atoms with Gasteiger partial charge in [0.25, 0.3) is 5.91 Å². The third kappa shape index (κ3) is 1.94. The van der Waals surface area contributed by atoms with Crippen LogP contribution in [0.5, 0.6) is 5.88 Å². The molecule has 1 saturated heterocycles. The summed E-state index contributed by atoms with van der Waals surface area (Å²) in [6.45, 7) is 2.31. The van der Waals surface area contributed by atoms with Gasteiger partial charge in [0.1, 0.15) is 5.69 Å². The summed E-state index contributed by atoms with van der Waals surface area (Å²) in [6, 6.07) is 1.37. The topological polar surface area (TPSA) is 67.6 Å². The van der Waals surface area contributed by atoms with Crippen molar-refractivity contribution in [3.63, 3.8) is 0 Å². The second-order valence-corrected chi connectivity index (χ2v) is 3.42. The van der Waals surface area contributed by atoms with Crippen LogP contribution in [0, 0.1) is 0 Å². The third-order valence-electron chi connectivity index (χ3n) is 2.38. The van der Waals surface area contributed by atoms with E-state index in [1.54, 1.807) is 11.9 Å². The minimum atomic E-state index is -0.130. The van der Waals surface area contributed by atoms with E-state index >= 15 is 0 Å². The van der Waals surface area contributed by atoms with Crippen molar-refractivity contribution in [2.75, 3.05) is 26.3 Å². The molecule has 1 amide bonds. The summed E-state index contributed by atoms with van der Waals surface area (Å²) in [5.41, 5.74) is 0.398. The lowest BCUT2D eigenvalue weighted by molar-refractivity contribution is 0.0295. The lowest BCUT2D eigenvalue weighted by Gasteiger charge is -2.26. The smallest absolute Gasteiger partial charge is 0.272 e. The van der Waals surface area contributed by atoms with Gasteiger partial charge in [-0.1, -0.05) is 0 Å². The van der Waals surface area contributed by atoms with Crippen molar-refractivity contribution in [3.8, 4) is 5.88 Å². The molecule has 82 valence electrons. The zero-order chi connectivity index (χ0) is 10.8. The molecule has 6 heteroatoms. The molecule has 0 saturated carbocycles. The van der Waals surface area contributed by atoms with Crippen LogP contribution >= 0.6 is 0 Å². The Balaban J connectivity index is 2.16. The standard InChI is InChI=1S/C9H13N3O3/c1-11-7(6-8(13)10-11)9(14)12-2-4-15-5-3-12/h6H,2-5H2,1H3,(H,10,13). The van der Waals surface area contributed by atoms with Gasteiger partial charge in [-0.3, -0.25) is 9.48 Å². The Hall–Kier alpha value is -1.56. The van der Waals surface area contributed by atoms with Crippen molar-refractivity contribution in [1.29, 1.82) is 0 Å². The van der Waals surface area contributed by atoms with Crippen molar-refractivity contribution in [2.45, 2.75) is 0 Å². The number of amides is 1. The molecule has 6 nitrogen and oxygen atoms in total. The Morgan fingerprint density at radius 1 is 1.53 bits per heavy atom. The molecule has 1 aliphatic rings. The van der Waals surface area contributed by atoms with E-state index in [4.69, 9.17) is 9.84 Å². The first-order valence-corrected chi connectivity index (χ1v) is 4.78. The zero-order valence-electron chi connectivity index (χ0n) is 8.51. The largest absolute Gasteiger partial charge is 0.492 e. The molecule has 2 heterocycles. The summed E-state index contributed by atoms with van der Waals surface area (Å²) in [7, 11) is 1.63. The second kappa shape index (κ2) is 3.90. The van der Waals surface area contributed by atoms with E-state index in [2.05, 4.69) is 5.10 Å². The lowest BCUT2D eigenvalue weighted by atomic mass is 10.3. The average molecular weight is 211 g/mol. The van der Waals surface area contributed by atoms with Crippen LogP contribution < -0.4 is 0 Å². The fourth-order valence-corrected chi connectivity index (χ4v) is 1.58. The van der Waals surface area contributed by atoms with Crippen molar-refractivity contribution in [2.24, 2.45) is 7.05 Å². The molecule has 1 aliphatic heterocycles. The van der Waals surface area contributed by atoms with Crippen molar-refractivity contribution < 1.29 is 14.6 Å². The molecule has 1 aromatic rings. The van der Waals surface area contributed by atoms with Crippen LogP contribution in [-0.2, 0) is 11.8 Å². The molecule has 0 radical (unpaired) electrons. The van der Waals surface area contributed by atoms with Crippen LogP contribution in [0.25, 0.3) is 0 Å². The average Bonchev–Trinajstić information content (AvgIpc) is 2.58. The predicted molar refractivity (Wildman–Crippen MR) is 51.6 cm³/mol. The maximum absolute atomic E-state index is 11.9. The van der Waals surface area contributed by atoms with Crippen LogP contribution in [0.2, 0.25) is 0 Å². The van der Waals surface area contributed by atoms with Gasteiger partial charge in [-0.2, -0.15) is 0 Å². The molecule has 2 rings (SSSR count). The van der Waals surface area contributed by atoms with Gasteiger partial charge in [-0.05, 0) is 0 Å². The number of hydrogen-bond donors (Lipinski definition) is 1. The van der Waals surface area contributed by atoms with Crippen LogP contribution in [0.1, 0.15) is 10.5 Å². The van der Waals surface area contributed by atoms with Crippen LogP contribution in [0.15, 0.2) is 6.07 Å². The number of aromatic hydroxyl groups is 1. The maximum Gasteiger partial charge on any atom is 0.272 e. The summed E-state index contributed by atoms with van der Waals surface area (Å²) < 4.78 is 6.54. The molecule has 0 atom stereocenters.